The molecule has 0 saturated carbocycles. The lowest BCUT2D eigenvalue weighted by Crippen LogP contribution is -2.37. The van der Waals surface area contributed by atoms with Gasteiger partial charge < -0.3 is 20.3 Å². The molecule has 0 spiro atoms. The third-order valence-electron chi connectivity index (χ3n) is 3.95. The van der Waals surface area contributed by atoms with E-state index in [0.717, 1.165) is 37.8 Å². The van der Waals surface area contributed by atoms with Gasteiger partial charge in [0.05, 0.1) is 7.11 Å². The first-order valence-electron chi connectivity index (χ1n) is 8.34. The highest BCUT2D eigenvalue weighted by molar-refractivity contribution is 14.0. The van der Waals surface area contributed by atoms with Gasteiger partial charge in [0.25, 0.3) is 0 Å². The van der Waals surface area contributed by atoms with Crippen LogP contribution in [-0.2, 0) is 6.54 Å². The van der Waals surface area contributed by atoms with E-state index in [0.29, 0.717) is 6.04 Å². The summed E-state index contributed by atoms with van der Waals surface area (Å²) in [5.74, 6) is 1.72. The molecular weight excluding hydrogens is 415 g/mol. The molecule has 138 valence electrons. The van der Waals surface area contributed by atoms with Crippen molar-refractivity contribution in [2.75, 3.05) is 34.3 Å². The fourth-order valence-electron chi connectivity index (χ4n) is 2.10. The second-order valence-electron chi connectivity index (χ2n) is 5.98. The molecule has 24 heavy (non-hydrogen) atoms. The molecule has 0 amide bonds. The van der Waals surface area contributed by atoms with Gasteiger partial charge in [-0.3, -0.25) is 4.99 Å². The number of nitrogens with zero attached hydrogens (tertiary/aromatic N) is 2. The largest absolute Gasteiger partial charge is 0.497 e. The summed E-state index contributed by atoms with van der Waals surface area (Å²) in [4.78, 5) is 6.63. The predicted molar refractivity (Wildman–Crippen MR) is 114 cm³/mol. The lowest BCUT2D eigenvalue weighted by molar-refractivity contribution is 0.268. The third-order valence-corrected chi connectivity index (χ3v) is 3.95. The van der Waals surface area contributed by atoms with Crippen molar-refractivity contribution in [1.82, 2.24) is 15.5 Å². The van der Waals surface area contributed by atoms with Crippen molar-refractivity contribution in [2.45, 2.75) is 39.3 Å². The molecule has 6 heteroatoms. The highest BCUT2D eigenvalue weighted by Gasteiger charge is 2.02. The quantitative estimate of drug-likeness (QED) is 0.264. The minimum Gasteiger partial charge on any atom is -0.497 e. The van der Waals surface area contributed by atoms with E-state index in [-0.39, 0.29) is 24.0 Å². The number of hydrogen-bond acceptors (Lipinski definition) is 3. The normalized spacial score (nSPS) is 11.4. The Bertz CT molecular complexity index is 463. The van der Waals surface area contributed by atoms with E-state index in [1.165, 1.54) is 12.0 Å². The average Bonchev–Trinajstić information content (AvgIpc) is 2.57. The number of unbranched alkanes of at least 4 members (excludes halogenated alkanes) is 1. The van der Waals surface area contributed by atoms with E-state index in [2.05, 4.69) is 53.6 Å². The van der Waals surface area contributed by atoms with Crippen LogP contribution in [0, 0.1) is 0 Å². The van der Waals surface area contributed by atoms with E-state index in [4.69, 9.17) is 4.74 Å². The Morgan fingerprint density at radius 2 is 1.83 bits per heavy atom. The number of guanidine groups is 1. The number of benzene rings is 1. The summed E-state index contributed by atoms with van der Waals surface area (Å²) < 4.78 is 5.16. The minimum atomic E-state index is 0. The molecule has 0 aliphatic carbocycles. The van der Waals surface area contributed by atoms with Gasteiger partial charge in [0.2, 0.25) is 0 Å². The molecule has 0 fully saturated rings. The van der Waals surface area contributed by atoms with Crippen LogP contribution in [0.4, 0.5) is 0 Å². The van der Waals surface area contributed by atoms with Gasteiger partial charge >= 0.3 is 0 Å². The lowest BCUT2D eigenvalue weighted by Gasteiger charge is -2.20. The lowest BCUT2D eigenvalue weighted by atomic mass is 10.2. The Morgan fingerprint density at radius 1 is 1.17 bits per heavy atom. The van der Waals surface area contributed by atoms with Crippen molar-refractivity contribution < 1.29 is 4.74 Å². The van der Waals surface area contributed by atoms with Crippen LogP contribution in [0.2, 0.25) is 0 Å². The minimum absolute atomic E-state index is 0. The maximum atomic E-state index is 5.16. The highest BCUT2D eigenvalue weighted by Crippen LogP contribution is 2.10. The van der Waals surface area contributed by atoms with Crippen molar-refractivity contribution >= 4 is 29.9 Å². The fraction of sp³-hybridized carbons (Fsp3) is 0.611. The van der Waals surface area contributed by atoms with E-state index in [9.17, 15) is 0 Å². The first-order chi connectivity index (χ1) is 11.1. The summed E-state index contributed by atoms with van der Waals surface area (Å²) in [7, 11) is 5.65. The Hall–Kier alpha value is -1.02. The van der Waals surface area contributed by atoms with Crippen molar-refractivity contribution in [3.8, 4) is 5.75 Å². The Kier molecular flexibility index (Phi) is 12.7. The SMILES string of the molecule is CN=C(NCCCCN(C)C(C)C)NCc1ccc(OC)cc1.I. The van der Waals surface area contributed by atoms with Gasteiger partial charge in [0.15, 0.2) is 5.96 Å². The van der Waals surface area contributed by atoms with Crippen LogP contribution >= 0.6 is 24.0 Å². The molecule has 2 N–H and O–H groups in total. The molecule has 5 nitrogen and oxygen atoms in total. The van der Waals surface area contributed by atoms with Crippen molar-refractivity contribution in [3.05, 3.63) is 29.8 Å². The first kappa shape index (κ1) is 23.0. The van der Waals surface area contributed by atoms with Crippen LogP contribution in [0.25, 0.3) is 0 Å². The summed E-state index contributed by atoms with van der Waals surface area (Å²) in [6, 6.07) is 8.67. The first-order valence-corrected chi connectivity index (χ1v) is 8.34. The molecule has 0 atom stereocenters. The molecule has 0 aliphatic rings. The molecular formula is C18H33IN4O. The van der Waals surface area contributed by atoms with Crippen molar-refractivity contribution in [3.63, 3.8) is 0 Å². The molecule has 0 aromatic heterocycles. The third kappa shape index (κ3) is 9.32. The predicted octanol–water partition coefficient (Wildman–Crippen LogP) is 3.10. The molecule has 1 aromatic rings. The smallest absolute Gasteiger partial charge is 0.191 e. The summed E-state index contributed by atoms with van der Waals surface area (Å²) in [5.41, 5.74) is 1.20. The van der Waals surface area contributed by atoms with Crippen LogP contribution in [0.1, 0.15) is 32.3 Å². The van der Waals surface area contributed by atoms with Gasteiger partial charge in [-0.2, -0.15) is 0 Å². The maximum absolute atomic E-state index is 5.16. The molecule has 1 rings (SSSR count). The van der Waals surface area contributed by atoms with Gasteiger partial charge in [-0.15, -0.1) is 24.0 Å². The van der Waals surface area contributed by atoms with Gasteiger partial charge in [-0.25, -0.2) is 0 Å². The van der Waals surface area contributed by atoms with E-state index >= 15 is 0 Å². The monoisotopic (exact) mass is 448 g/mol. The number of ether oxygens (including phenoxy) is 1. The summed E-state index contributed by atoms with van der Waals surface area (Å²) >= 11 is 0. The molecule has 0 heterocycles. The van der Waals surface area contributed by atoms with Crippen LogP contribution in [0.5, 0.6) is 5.75 Å². The summed E-state index contributed by atoms with van der Waals surface area (Å²) in [5, 5.41) is 6.69. The number of methoxy groups -OCH3 is 1. The molecule has 0 aliphatic heterocycles. The molecule has 1 aromatic carbocycles. The molecule has 0 saturated heterocycles. The van der Waals surface area contributed by atoms with Gasteiger partial charge in [-0.05, 0) is 58.0 Å². The summed E-state index contributed by atoms with van der Waals surface area (Å²) in [6.07, 6.45) is 2.33. The molecule has 0 bridgehead atoms. The maximum Gasteiger partial charge on any atom is 0.191 e. The Labute approximate surface area is 164 Å². The van der Waals surface area contributed by atoms with Crippen LogP contribution < -0.4 is 15.4 Å². The van der Waals surface area contributed by atoms with E-state index in [1.54, 1.807) is 14.2 Å². The topological polar surface area (TPSA) is 48.9 Å². The van der Waals surface area contributed by atoms with Crippen LogP contribution in [0.15, 0.2) is 29.3 Å². The number of nitrogens with one attached hydrogen (secondary N) is 2. The fourth-order valence-corrected chi connectivity index (χ4v) is 2.10. The van der Waals surface area contributed by atoms with Gasteiger partial charge in [0.1, 0.15) is 5.75 Å². The number of rotatable bonds is 9. The zero-order valence-corrected chi connectivity index (χ0v) is 18.0. The van der Waals surface area contributed by atoms with Gasteiger partial charge in [0, 0.05) is 26.2 Å². The van der Waals surface area contributed by atoms with E-state index < -0.39 is 0 Å². The average molecular weight is 448 g/mol. The Balaban J connectivity index is 0.00000529. The zero-order valence-electron chi connectivity index (χ0n) is 15.6. The van der Waals surface area contributed by atoms with Crippen LogP contribution in [-0.4, -0.2) is 51.2 Å². The number of halogens is 1. The highest BCUT2D eigenvalue weighted by atomic mass is 127. The standard InChI is InChI=1S/C18H32N4O.HI/c1-15(2)22(4)13-7-6-12-20-18(19-3)21-14-16-8-10-17(23-5)11-9-16;/h8-11,15H,6-7,12-14H2,1-5H3,(H2,19,20,21);1H. The van der Waals surface area contributed by atoms with E-state index in [1.807, 2.05) is 12.1 Å². The molecule has 0 unspecified atom stereocenters. The molecule has 0 radical (unpaired) electrons. The second kappa shape index (κ2) is 13.3. The zero-order chi connectivity index (χ0) is 17.1. The number of aliphatic imine (C=N–C) groups is 1. The second-order valence-corrected chi connectivity index (χ2v) is 5.98. The van der Waals surface area contributed by atoms with Crippen molar-refractivity contribution in [1.29, 1.82) is 0 Å². The van der Waals surface area contributed by atoms with Crippen molar-refractivity contribution in [2.24, 2.45) is 4.99 Å². The number of hydrogen-bond donors (Lipinski definition) is 2. The Morgan fingerprint density at radius 3 is 2.38 bits per heavy atom. The van der Waals surface area contributed by atoms with Crippen LogP contribution in [0.3, 0.4) is 0 Å². The summed E-state index contributed by atoms with van der Waals surface area (Å²) in [6.45, 7) is 7.28. The van der Waals surface area contributed by atoms with Gasteiger partial charge in [-0.1, -0.05) is 12.1 Å².